The molecular weight excluding hydrogens is 194 g/mol. The van der Waals surface area contributed by atoms with E-state index in [1.54, 1.807) is 0 Å². The molecule has 1 N–H and O–H groups in total. The summed E-state index contributed by atoms with van der Waals surface area (Å²) in [5, 5.41) is 3.65. The monoisotopic (exact) mass is 219 g/mol. The van der Waals surface area contributed by atoms with Crippen molar-refractivity contribution in [3.8, 4) is 0 Å². The van der Waals surface area contributed by atoms with Crippen molar-refractivity contribution >= 4 is 0 Å². The molecule has 0 radical (unpaired) electrons. The first kappa shape index (κ1) is 11.8. The lowest BCUT2D eigenvalue weighted by Crippen LogP contribution is -2.34. The van der Waals surface area contributed by atoms with Crippen LogP contribution in [0.4, 0.5) is 0 Å². The number of rotatable bonds is 2. The molecular formula is C15H25N. The molecule has 0 saturated carbocycles. The Hall–Kier alpha value is -0.720. The molecule has 1 saturated heterocycles. The molecule has 1 heteroatoms. The molecule has 1 unspecified atom stereocenters. The van der Waals surface area contributed by atoms with Crippen LogP contribution in [0, 0.1) is 17.8 Å². The predicted molar refractivity (Wildman–Crippen MR) is 70.1 cm³/mol. The number of allylic oxidation sites excluding steroid dienone is 4. The van der Waals surface area contributed by atoms with Crippen molar-refractivity contribution in [2.45, 2.75) is 46.0 Å². The zero-order valence-electron chi connectivity index (χ0n) is 10.7. The van der Waals surface area contributed by atoms with Gasteiger partial charge in [-0.2, -0.15) is 0 Å². The van der Waals surface area contributed by atoms with Gasteiger partial charge in [-0.3, -0.25) is 0 Å². The highest BCUT2D eigenvalue weighted by Gasteiger charge is 2.28. The lowest BCUT2D eigenvalue weighted by atomic mass is 9.73. The lowest BCUT2D eigenvalue weighted by molar-refractivity contribution is 0.188. The van der Waals surface area contributed by atoms with Crippen molar-refractivity contribution in [3.63, 3.8) is 0 Å². The van der Waals surface area contributed by atoms with Gasteiger partial charge in [0.1, 0.15) is 0 Å². The van der Waals surface area contributed by atoms with E-state index in [2.05, 4.69) is 37.4 Å². The standard InChI is InChI=1S/C15H25N/c1-3-12-11-16-14-8-6-5-7-13(9-10-14)15(12)4-2/h5-6,8,12-13,15-16H,3-4,7,9-11H2,1-2H3/b6-5-,14-8+/t12-,13+,15?/m1/s1. The molecule has 1 heterocycles. The minimum atomic E-state index is 0.866. The van der Waals surface area contributed by atoms with Gasteiger partial charge in [0, 0.05) is 12.2 Å². The summed E-state index contributed by atoms with van der Waals surface area (Å²) in [5.74, 6) is 2.70. The fourth-order valence-corrected chi connectivity index (χ4v) is 3.43. The average Bonchev–Trinajstić information content (AvgIpc) is 2.26. The maximum Gasteiger partial charge on any atom is 0.0174 e. The molecule has 0 aromatic heterocycles. The van der Waals surface area contributed by atoms with Crippen molar-refractivity contribution in [1.82, 2.24) is 5.32 Å². The van der Waals surface area contributed by atoms with E-state index in [1.807, 2.05) is 0 Å². The number of hydrogen-bond acceptors (Lipinski definition) is 1. The summed E-state index contributed by atoms with van der Waals surface area (Å²) in [5.41, 5.74) is 1.45. The Labute approximate surface area is 100 Å². The van der Waals surface area contributed by atoms with Crippen molar-refractivity contribution in [2.24, 2.45) is 17.8 Å². The molecule has 1 nitrogen and oxygen atoms in total. The van der Waals surface area contributed by atoms with Crippen LogP contribution in [0.25, 0.3) is 0 Å². The summed E-state index contributed by atoms with van der Waals surface area (Å²) in [6, 6.07) is 0. The summed E-state index contributed by atoms with van der Waals surface area (Å²) >= 11 is 0. The maximum absolute atomic E-state index is 3.65. The van der Waals surface area contributed by atoms with Gasteiger partial charge in [0.2, 0.25) is 0 Å². The van der Waals surface area contributed by atoms with Crippen LogP contribution in [-0.4, -0.2) is 6.54 Å². The second-order valence-corrected chi connectivity index (χ2v) is 5.28. The van der Waals surface area contributed by atoms with Gasteiger partial charge in [-0.15, -0.1) is 0 Å². The third-order valence-corrected chi connectivity index (χ3v) is 4.45. The van der Waals surface area contributed by atoms with Crippen LogP contribution < -0.4 is 5.32 Å². The second kappa shape index (κ2) is 5.56. The molecule has 2 bridgehead atoms. The molecule has 1 aliphatic carbocycles. The lowest BCUT2D eigenvalue weighted by Gasteiger charge is -2.36. The Balaban J connectivity index is 2.20. The maximum atomic E-state index is 3.65. The molecule has 2 aliphatic rings. The normalized spacial score (nSPS) is 39.6. The topological polar surface area (TPSA) is 12.0 Å². The van der Waals surface area contributed by atoms with E-state index in [1.165, 1.54) is 44.3 Å². The summed E-state index contributed by atoms with van der Waals surface area (Å²) in [7, 11) is 0. The van der Waals surface area contributed by atoms with Gasteiger partial charge < -0.3 is 5.32 Å². The predicted octanol–water partition coefficient (Wildman–Crippen LogP) is 3.88. The second-order valence-electron chi connectivity index (χ2n) is 5.28. The fraction of sp³-hybridized carbons (Fsp3) is 0.733. The van der Waals surface area contributed by atoms with Crippen LogP contribution in [0.3, 0.4) is 0 Å². The van der Waals surface area contributed by atoms with Crippen molar-refractivity contribution < 1.29 is 0 Å². The molecule has 0 aromatic carbocycles. The Morgan fingerprint density at radius 2 is 2.19 bits per heavy atom. The van der Waals surface area contributed by atoms with Gasteiger partial charge in [-0.25, -0.2) is 0 Å². The third-order valence-electron chi connectivity index (χ3n) is 4.45. The van der Waals surface area contributed by atoms with Gasteiger partial charge in [-0.05, 0) is 43.1 Å². The summed E-state index contributed by atoms with van der Waals surface area (Å²) in [6.07, 6.45) is 13.5. The smallest absolute Gasteiger partial charge is 0.0174 e. The van der Waals surface area contributed by atoms with Crippen LogP contribution in [0.1, 0.15) is 46.0 Å². The number of hydrogen-bond donors (Lipinski definition) is 1. The molecule has 2 rings (SSSR count). The molecule has 0 aromatic rings. The summed E-state index contributed by atoms with van der Waals surface area (Å²) in [6.45, 7) is 5.90. The Morgan fingerprint density at radius 3 is 2.94 bits per heavy atom. The quantitative estimate of drug-likeness (QED) is 0.743. The largest absolute Gasteiger partial charge is 0.388 e. The Morgan fingerprint density at radius 1 is 1.31 bits per heavy atom. The first-order chi connectivity index (χ1) is 7.85. The minimum Gasteiger partial charge on any atom is -0.388 e. The molecule has 90 valence electrons. The minimum absolute atomic E-state index is 0.866. The van der Waals surface area contributed by atoms with Gasteiger partial charge in [0.15, 0.2) is 0 Å². The average molecular weight is 219 g/mol. The zero-order valence-corrected chi connectivity index (χ0v) is 10.7. The highest BCUT2D eigenvalue weighted by Crippen LogP contribution is 2.35. The van der Waals surface area contributed by atoms with Gasteiger partial charge in [0.05, 0.1) is 0 Å². The third kappa shape index (κ3) is 2.50. The van der Waals surface area contributed by atoms with Gasteiger partial charge >= 0.3 is 0 Å². The van der Waals surface area contributed by atoms with E-state index < -0.39 is 0 Å². The molecule has 1 aliphatic heterocycles. The first-order valence-electron chi connectivity index (χ1n) is 6.94. The Bertz CT molecular complexity index is 277. The molecule has 16 heavy (non-hydrogen) atoms. The van der Waals surface area contributed by atoms with E-state index in [0.29, 0.717) is 0 Å². The van der Waals surface area contributed by atoms with E-state index in [9.17, 15) is 0 Å². The van der Waals surface area contributed by atoms with Gasteiger partial charge in [-0.1, -0.05) is 38.8 Å². The highest BCUT2D eigenvalue weighted by molar-refractivity contribution is 5.14. The van der Waals surface area contributed by atoms with Crippen LogP contribution in [0.15, 0.2) is 23.9 Å². The fourth-order valence-electron chi connectivity index (χ4n) is 3.43. The van der Waals surface area contributed by atoms with Crippen LogP contribution in [0.2, 0.25) is 0 Å². The van der Waals surface area contributed by atoms with Crippen LogP contribution in [0.5, 0.6) is 0 Å². The van der Waals surface area contributed by atoms with Crippen molar-refractivity contribution in [3.05, 3.63) is 23.9 Å². The van der Waals surface area contributed by atoms with E-state index in [-0.39, 0.29) is 0 Å². The van der Waals surface area contributed by atoms with Crippen LogP contribution >= 0.6 is 0 Å². The summed E-state index contributed by atoms with van der Waals surface area (Å²) < 4.78 is 0. The molecule has 1 fully saturated rings. The van der Waals surface area contributed by atoms with Crippen molar-refractivity contribution in [2.75, 3.05) is 6.54 Å². The van der Waals surface area contributed by atoms with Crippen molar-refractivity contribution in [1.29, 1.82) is 0 Å². The first-order valence-corrected chi connectivity index (χ1v) is 6.94. The van der Waals surface area contributed by atoms with E-state index >= 15 is 0 Å². The SMILES string of the molecule is CCC1[C@H](CC)CN/C2=C/C=C\C[C@H]1CC2. The zero-order chi connectivity index (χ0) is 11.4. The number of fused-ring (bicyclic) bond motifs is 3. The van der Waals surface area contributed by atoms with Gasteiger partial charge in [0.25, 0.3) is 0 Å². The Kier molecular flexibility index (Phi) is 4.09. The molecule has 0 amide bonds. The van der Waals surface area contributed by atoms with Crippen LogP contribution in [-0.2, 0) is 0 Å². The molecule has 3 atom stereocenters. The number of nitrogens with one attached hydrogen (secondary N) is 1. The van der Waals surface area contributed by atoms with E-state index in [0.717, 1.165) is 17.8 Å². The highest BCUT2D eigenvalue weighted by atomic mass is 14.9. The molecule has 0 spiro atoms. The summed E-state index contributed by atoms with van der Waals surface area (Å²) in [4.78, 5) is 0. The van der Waals surface area contributed by atoms with E-state index in [4.69, 9.17) is 0 Å².